The highest BCUT2D eigenvalue weighted by atomic mass is 14.6. The number of benzene rings is 2. The van der Waals surface area contributed by atoms with Gasteiger partial charge < -0.3 is 0 Å². The number of fused-ring (bicyclic) bond motifs is 3. The first kappa shape index (κ1) is 11.2. The lowest BCUT2D eigenvalue weighted by Gasteiger charge is -2.13. The molecule has 2 aromatic carbocycles. The molecule has 0 N–H and O–H groups in total. The third-order valence-electron chi connectivity index (χ3n) is 3.61. The largest absolute Gasteiger partial charge is 0.256 e. The van der Waals surface area contributed by atoms with Crippen LogP contribution >= 0.6 is 0 Å². The van der Waals surface area contributed by atoms with Crippen molar-refractivity contribution >= 4 is 21.7 Å². The van der Waals surface area contributed by atoms with Gasteiger partial charge in [0.25, 0.3) is 0 Å². The van der Waals surface area contributed by atoms with Crippen LogP contribution in [0.3, 0.4) is 0 Å². The topological polar surface area (TPSA) is 12.9 Å². The maximum Gasteiger partial charge on any atom is 0.0713 e. The first-order valence-electron chi connectivity index (χ1n) is 6.45. The molecule has 0 unspecified atom stereocenters. The second-order valence-electron chi connectivity index (χ2n) is 5.19. The first-order chi connectivity index (χ1) is 8.68. The number of nitrogens with zero attached hydrogens (tertiary/aromatic N) is 1. The van der Waals surface area contributed by atoms with E-state index in [1.807, 2.05) is 6.20 Å². The molecule has 0 aliphatic carbocycles. The Kier molecular flexibility index (Phi) is 2.55. The predicted octanol–water partition coefficient (Wildman–Crippen LogP) is 4.82. The highest BCUT2D eigenvalue weighted by molar-refractivity contribution is 6.09. The van der Waals surface area contributed by atoms with Crippen LogP contribution in [0.5, 0.6) is 0 Å². The lowest BCUT2D eigenvalue weighted by Crippen LogP contribution is -1.93. The minimum Gasteiger partial charge on any atom is -0.256 e. The minimum atomic E-state index is 0.515. The summed E-state index contributed by atoms with van der Waals surface area (Å²) in [5.74, 6) is 0.515. The fourth-order valence-corrected chi connectivity index (χ4v) is 2.69. The van der Waals surface area contributed by atoms with Crippen molar-refractivity contribution in [2.24, 2.45) is 0 Å². The van der Waals surface area contributed by atoms with Gasteiger partial charge in [0.15, 0.2) is 0 Å². The van der Waals surface area contributed by atoms with Gasteiger partial charge in [-0.2, -0.15) is 0 Å². The van der Waals surface area contributed by atoms with Crippen molar-refractivity contribution in [3.8, 4) is 0 Å². The number of hydrogen-bond acceptors (Lipinski definition) is 1. The molecule has 3 rings (SSSR count). The molecule has 18 heavy (non-hydrogen) atoms. The van der Waals surface area contributed by atoms with Gasteiger partial charge in [-0.1, -0.05) is 38.1 Å². The summed E-state index contributed by atoms with van der Waals surface area (Å²) >= 11 is 0. The summed E-state index contributed by atoms with van der Waals surface area (Å²) < 4.78 is 0. The van der Waals surface area contributed by atoms with Crippen LogP contribution in [-0.4, -0.2) is 4.98 Å². The van der Waals surface area contributed by atoms with Crippen LogP contribution in [0.2, 0.25) is 0 Å². The van der Waals surface area contributed by atoms with E-state index in [0.29, 0.717) is 5.92 Å². The predicted molar refractivity (Wildman–Crippen MR) is 78.1 cm³/mol. The van der Waals surface area contributed by atoms with Crippen molar-refractivity contribution in [2.75, 3.05) is 0 Å². The molecule has 0 bridgehead atoms. The van der Waals surface area contributed by atoms with E-state index < -0.39 is 0 Å². The number of rotatable bonds is 1. The Bertz CT molecular complexity index is 726. The number of pyridine rings is 1. The second-order valence-corrected chi connectivity index (χ2v) is 5.19. The third kappa shape index (κ3) is 1.59. The molecule has 0 saturated carbocycles. The molecule has 1 nitrogen and oxygen atoms in total. The smallest absolute Gasteiger partial charge is 0.0713 e. The molecule has 0 aliphatic rings. The summed E-state index contributed by atoms with van der Waals surface area (Å²) in [6, 6.07) is 13.0. The molecule has 0 saturated heterocycles. The zero-order valence-corrected chi connectivity index (χ0v) is 11.1. The Morgan fingerprint density at radius 2 is 1.72 bits per heavy atom. The van der Waals surface area contributed by atoms with Gasteiger partial charge in [0.1, 0.15) is 0 Å². The fourth-order valence-electron chi connectivity index (χ4n) is 2.69. The van der Waals surface area contributed by atoms with E-state index >= 15 is 0 Å². The lowest BCUT2D eigenvalue weighted by atomic mass is 9.92. The molecule has 0 spiro atoms. The highest BCUT2D eigenvalue weighted by Crippen LogP contribution is 2.32. The maximum atomic E-state index is 4.54. The van der Waals surface area contributed by atoms with Crippen LogP contribution in [-0.2, 0) is 0 Å². The Hall–Kier alpha value is -1.89. The summed E-state index contributed by atoms with van der Waals surface area (Å²) in [6.07, 6.45) is 1.90. The standard InChI is InChI=1S/C17H17N/c1-11(2)15-10-16-17(12(3)8-9-18-16)14-7-5-4-6-13(14)15/h4-11H,1-3H3. The first-order valence-corrected chi connectivity index (χ1v) is 6.45. The summed E-state index contributed by atoms with van der Waals surface area (Å²) in [7, 11) is 0. The van der Waals surface area contributed by atoms with E-state index in [0.717, 1.165) is 5.52 Å². The normalized spacial score (nSPS) is 11.6. The van der Waals surface area contributed by atoms with Crippen molar-refractivity contribution in [1.82, 2.24) is 4.98 Å². The van der Waals surface area contributed by atoms with Crippen LogP contribution in [0.25, 0.3) is 21.7 Å². The molecule has 1 aromatic heterocycles. The van der Waals surface area contributed by atoms with Crippen molar-refractivity contribution in [1.29, 1.82) is 0 Å². The van der Waals surface area contributed by atoms with Crippen LogP contribution in [0.4, 0.5) is 0 Å². The second kappa shape index (κ2) is 4.09. The van der Waals surface area contributed by atoms with Crippen LogP contribution in [0.15, 0.2) is 42.6 Å². The fraction of sp³-hybridized carbons (Fsp3) is 0.235. The van der Waals surface area contributed by atoms with Gasteiger partial charge in [-0.15, -0.1) is 0 Å². The lowest BCUT2D eigenvalue weighted by molar-refractivity contribution is 0.877. The monoisotopic (exact) mass is 235 g/mol. The van der Waals surface area contributed by atoms with E-state index in [1.165, 1.54) is 27.3 Å². The maximum absolute atomic E-state index is 4.54. The van der Waals surface area contributed by atoms with Crippen LogP contribution in [0, 0.1) is 6.92 Å². The summed E-state index contributed by atoms with van der Waals surface area (Å²) in [5.41, 5.74) is 3.79. The molecule has 1 heterocycles. The number of aryl methyl sites for hydroxylation is 1. The summed E-state index contributed by atoms with van der Waals surface area (Å²) in [4.78, 5) is 4.54. The summed E-state index contributed by atoms with van der Waals surface area (Å²) in [5, 5.41) is 3.97. The Balaban J connectivity index is 2.58. The molecular weight excluding hydrogens is 218 g/mol. The van der Waals surface area contributed by atoms with Gasteiger partial charge in [0.05, 0.1) is 5.52 Å². The van der Waals surface area contributed by atoms with Crippen molar-refractivity contribution in [3.63, 3.8) is 0 Å². The number of aromatic nitrogens is 1. The number of hydrogen-bond donors (Lipinski definition) is 0. The molecule has 0 aliphatic heterocycles. The Morgan fingerprint density at radius 1 is 1.00 bits per heavy atom. The van der Waals surface area contributed by atoms with Gasteiger partial charge in [-0.3, -0.25) is 4.98 Å². The highest BCUT2D eigenvalue weighted by Gasteiger charge is 2.10. The zero-order valence-electron chi connectivity index (χ0n) is 11.1. The Labute approximate surface area is 107 Å². The van der Waals surface area contributed by atoms with E-state index in [2.05, 4.69) is 62.2 Å². The van der Waals surface area contributed by atoms with Crippen LogP contribution < -0.4 is 0 Å². The molecule has 3 aromatic rings. The summed E-state index contributed by atoms with van der Waals surface area (Å²) in [6.45, 7) is 6.64. The van der Waals surface area contributed by atoms with E-state index in [1.54, 1.807) is 0 Å². The molecule has 0 atom stereocenters. The zero-order chi connectivity index (χ0) is 12.7. The quantitative estimate of drug-likeness (QED) is 0.551. The van der Waals surface area contributed by atoms with Crippen molar-refractivity contribution in [3.05, 3.63) is 53.7 Å². The van der Waals surface area contributed by atoms with Crippen molar-refractivity contribution < 1.29 is 0 Å². The van der Waals surface area contributed by atoms with E-state index in [9.17, 15) is 0 Å². The molecule has 1 heteroatoms. The van der Waals surface area contributed by atoms with E-state index in [-0.39, 0.29) is 0 Å². The molecule has 90 valence electrons. The van der Waals surface area contributed by atoms with Gasteiger partial charge in [0, 0.05) is 11.6 Å². The molecule has 0 fully saturated rings. The van der Waals surface area contributed by atoms with Gasteiger partial charge in [-0.05, 0) is 46.9 Å². The average molecular weight is 235 g/mol. The van der Waals surface area contributed by atoms with Crippen molar-refractivity contribution in [2.45, 2.75) is 26.7 Å². The van der Waals surface area contributed by atoms with Gasteiger partial charge >= 0.3 is 0 Å². The van der Waals surface area contributed by atoms with E-state index in [4.69, 9.17) is 0 Å². The van der Waals surface area contributed by atoms with Gasteiger partial charge in [0.2, 0.25) is 0 Å². The molecule has 0 radical (unpaired) electrons. The third-order valence-corrected chi connectivity index (χ3v) is 3.61. The average Bonchev–Trinajstić information content (AvgIpc) is 2.37. The molecular formula is C17H17N. The SMILES string of the molecule is Cc1ccnc2cc(C(C)C)c3ccccc3c12. The molecule has 0 amide bonds. The Morgan fingerprint density at radius 3 is 2.44 bits per heavy atom. The minimum absolute atomic E-state index is 0.515. The van der Waals surface area contributed by atoms with Crippen LogP contribution in [0.1, 0.15) is 30.9 Å². The van der Waals surface area contributed by atoms with Gasteiger partial charge in [-0.25, -0.2) is 0 Å².